The maximum absolute atomic E-state index is 10.9. The molecule has 0 aromatic rings. The van der Waals surface area contributed by atoms with Crippen molar-refractivity contribution in [2.45, 2.75) is 84.0 Å². The summed E-state index contributed by atoms with van der Waals surface area (Å²) < 4.78 is 4.61. The zero-order valence-electron chi connectivity index (χ0n) is 14.1. The Balaban J connectivity index is 3.20. The van der Waals surface area contributed by atoms with Crippen molar-refractivity contribution < 1.29 is 9.53 Å². The number of carbonyl (C=O) groups excluding carboxylic acids is 1. The highest BCUT2D eigenvalue weighted by atomic mass is 16.5. The van der Waals surface area contributed by atoms with E-state index in [0.29, 0.717) is 6.42 Å². The second-order valence-corrected chi connectivity index (χ2v) is 5.54. The van der Waals surface area contributed by atoms with Crippen LogP contribution >= 0.6 is 0 Å². The minimum atomic E-state index is -0.0855. The van der Waals surface area contributed by atoms with E-state index in [1.165, 1.54) is 58.5 Å². The molecule has 0 saturated heterocycles. The average molecular weight is 294 g/mol. The van der Waals surface area contributed by atoms with Gasteiger partial charge in [-0.15, -0.1) is 0 Å². The molecule has 0 atom stereocenters. The summed E-state index contributed by atoms with van der Waals surface area (Å²) in [6, 6.07) is 0. The fourth-order valence-electron chi connectivity index (χ4n) is 2.16. The third-order valence-corrected chi connectivity index (χ3v) is 3.54. The third kappa shape index (κ3) is 16.9. The van der Waals surface area contributed by atoms with Crippen LogP contribution in [0.4, 0.5) is 0 Å². The van der Waals surface area contributed by atoms with Crippen LogP contribution in [0.2, 0.25) is 0 Å². The van der Waals surface area contributed by atoms with E-state index in [1.807, 2.05) is 0 Å². The second-order valence-electron chi connectivity index (χ2n) is 5.54. The largest absolute Gasteiger partial charge is 0.469 e. The Labute approximate surface area is 131 Å². The van der Waals surface area contributed by atoms with Crippen LogP contribution < -0.4 is 0 Å². The minimum Gasteiger partial charge on any atom is -0.469 e. The van der Waals surface area contributed by atoms with Crippen LogP contribution in [-0.4, -0.2) is 13.1 Å². The smallest absolute Gasteiger partial charge is 0.305 e. The number of unbranched alkanes of at least 4 members (excludes halogenated alkanes) is 8. The monoisotopic (exact) mass is 294 g/mol. The Morgan fingerprint density at radius 3 is 1.86 bits per heavy atom. The Morgan fingerprint density at radius 2 is 1.29 bits per heavy atom. The molecule has 0 radical (unpaired) electrons. The van der Waals surface area contributed by atoms with Gasteiger partial charge in [0.25, 0.3) is 0 Å². The lowest BCUT2D eigenvalue weighted by Crippen LogP contribution is -1.98. The van der Waals surface area contributed by atoms with Gasteiger partial charge in [-0.05, 0) is 44.9 Å². The molecule has 0 heterocycles. The first-order chi connectivity index (χ1) is 10.3. The van der Waals surface area contributed by atoms with Crippen LogP contribution in [0.5, 0.6) is 0 Å². The average Bonchev–Trinajstić information content (AvgIpc) is 2.50. The van der Waals surface area contributed by atoms with Crippen LogP contribution in [0.15, 0.2) is 24.3 Å². The molecule has 2 heteroatoms. The van der Waals surface area contributed by atoms with Gasteiger partial charge in [-0.25, -0.2) is 0 Å². The van der Waals surface area contributed by atoms with E-state index in [-0.39, 0.29) is 5.97 Å². The van der Waals surface area contributed by atoms with Crippen molar-refractivity contribution in [1.29, 1.82) is 0 Å². The predicted molar refractivity (Wildman–Crippen MR) is 91.4 cm³/mol. The molecular formula is C19H34O2. The van der Waals surface area contributed by atoms with Gasteiger partial charge in [0, 0.05) is 6.42 Å². The number of carbonyl (C=O) groups is 1. The zero-order chi connectivity index (χ0) is 15.6. The van der Waals surface area contributed by atoms with Gasteiger partial charge in [0.05, 0.1) is 7.11 Å². The van der Waals surface area contributed by atoms with Gasteiger partial charge in [0.2, 0.25) is 0 Å². The number of ether oxygens (including phenoxy) is 1. The van der Waals surface area contributed by atoms with E-state index in [0.717, 1.165) is 19.3 Å². The van der Waals surface area contributed by atoms with E-state index >= 15 is 0 Å². The highest BCUT2D eigenvalue weighted by molar-refractivity contribution is 5.68. The Morgan fingerprint density at radius 1 is 0.762 bits per heavy atom. The van der Waals surface area contributed by atoms with E-state index < -0.39 is 0 Å². The molecule has 0 N–H and O–H groups in total. The van der Waals surface area contributed by atoms with Crippen LogP contribution in [0.1, 0.15) is 84.0 Å². The zero-order valence-corrected chi connectivity index (χ0v) is 14.1. The summed E-state index contributed by atoms with van der Waals surface area (Å²) in [7, 11) is 1.45. The first kappa shape index (κ1) is 19.9. The second kappa shape index (κ2) is 17.0. The van der Waals surface area contributed by atoms with Gasteiger partial charge in [-0.3, -0.25) is 4.79 Å². The predicted octanol–water partition coefficient (Wildman–Crippen LogP) is 5.97. The molecule has 0 spiro atoms. The van der Waals surface area contributed by atoms with Crippen molar-refractivity contribution in [3.8, 4) is 0 Å². The lowest BCUT2D eigenvalue weighted by atomic mass is 10.1. The van der Waals surface area contributed by atoms with E-state index in [1.54, 1.807) is 0 Å². The molecule has 21 heavy (non-hydrogen) atoms. The molecule has 0 bridgehead atoms. The van der Waals surface area contributed by atoms with Crippen molar-refractivity contribution in [3.63, 3.8) is 0 Å². The van der Waals surface area contributed by atoms with E-state index in [9.17, 15) is 4.79 Å². The molecule has 0 amide bonds. The van der Waals surface area contributed by atoms with Crippen LogP contribution in [0.25, 0.3) is 0 Å². The highest BCUT2D eigenvalue weighted by Gasteiger charge is 1.98. The lowest BCUT2D eigenvalue weighted by molar-refractivity contribution is -0.140. The van der Waals surface area contributed by atoms with Crippen molar-refractivity contribution in [2.75, 3.05) is 7.11 Å². The Bertz CT molecular complexity index is 279. The molecule has 122 valence electrons. The quantitative estimate of drug-likeness (QED) is 0.224. The number of esters is 1. The lowest BCUT2D eigenvalue weighted by Gasteiger charge is -1.99. The molecule has 0 aromatic heterocycles. The van der Waals surface area contributed by atoms with Gasteiger partial charge in [0.1, 0.15) is 0 Å². The third-order valence-electron chi connectivity index (χ3n) is 3.54. The highest BCUT2D eigenvalue weighted by Crippen LogP contribution is 2.07. The molecule has 0 aromatic carbocycles. The summed E-state index contributed by atoms with van der Waals surface area (Å²) in [6.07, 6.45) is 23.0. The summed E-state index contributed by atoms with van der Waals surface area (Å²) in [4.78, 5) is 10.9. The molecule has 0 unspecified atom stereocenters. The number of allylic oxidation sites excluding steroid dienone is 4. The Kier molecular flexibility index (Phi) is 16.2. The Hall–Kier alpha value is -1.05. The van der Waals surface area contributed by atoms with Gasteiger partial charge >= 0.3 is 5.97 Å². The molecule has 2 nitrogen and oxygen atoms in total. The molecule has 0 fully saturated rings. The molecule has 0 saturated carbocycles. The first-order valence-electron chi connectivity index (χ1n) is 8.68. The minimum absolute atomic E-state index is 0.0855. The number of rotatable bonds is 14. The molecule has 0 aliphatic carbocycles. The fourth-order valence-corrected chi connectivity index (χ4v) is 2.16. The van der Waals surface area contributed by atoms with Gasteiger partial charge in [0.15, 0.2) is 0 Å². The molecule has 0 rings (SSSR count). The normalized spacial score (nSPS) is 11.5. The van der Waals surface area contributed by atoms with E-state index in [4.69, 9.17) is 0 Å². The summed E-state index contributed by atoms with van der Waals surface area (Å²) in [5, 5.41) is 0. The van der Waals surface area contributed by atoms with Crippen LogP contribution in [0, 0.1) is 0 Å². The van der Waals surface area contributed by atoms with Crippen molar-refractivity contribution >= 4 is 5.97 Å². The first-order valence-corrected chi connectivity index (χ1v) is 8.68. The van der Waals surface area contributed by atoms with E-state index in [2.05, 4.69) is 36.0 Å². The van der Waals surface area contributed by atoms with Gasteiger partial charge in [-0.2, -0.15) is 0 Å². The number of hydrogen-bond acceptors (Lipinski definition) is 2. The standard InChI is InChI=1S/C19H34O2/c1-3-4-5-6-7-8-9-10-11-12-13-14-15-16-17-18-19(20)21-2/h7-8,11-12H,3-6,9-10,13-18H2,1-2H3/b8-7+,12-11+. The van der Waals surface area contributed by atoms with Crippen molar-refractivity contribution in [2.24, 2.45) is 0 Å². The SMILES string of the molecule is CCCCC/C=C/CC/C=C/CCCCCCC(=O)OC. The van der Waals surface area contributed by atoms with Crippen molar-refractivity contribution in [3.05, 3.63) is 24.3 Å². The van der Waals surface area contributed by atoms with Gasteiger partial charge in [-0.1, -0.05) is 56.9 Å². The maximum atomic E-state index is 10.9. The molecule has 0 aliphatic rings. The maximum Gasteiger partial charge on any atom is 0.305 e. The van der Waals surface area contributed by atoms with Crippen LogP contribution in [0.3, 0.4) is 0 Å². The number of methoxy groups -OCH3 is 1. The topological polar surface area (TPSA) is 26.3 Å². The molecular weight excluding hydrogens is 260 g/mol. The summed E-state index contributed by atoms with van der Waals surface area (Å²) in [5.74, 6) is -0.0855. The van der Waals surface area contributed by atoms with Crippen LogP contribution in [-0.2, 0) is 9.53 Å². The summed E-state index contributed by atoms with van der Waals surface area (Å²) in [6.45, 7) is 2.24. The fraction of sp³-hybridized carbons (Fsp3) is 0.737. The van der Waals surface area contributed by atoms with Gasteiger partial charge < -0.3 is 4.74 Å². The number of hydrogen-bond donors (Lipinski definition) is 0. The summed E-state index contributed by atoms with van der Waals surface area (Å²) in [5.41, 5.74) is 0. The summed E-state index contributed by atoms with van der Waals surface area (Å²) >= 11 is 0. The van der Waals surface area contributed by atoms with Crippen molar-refractivity contribution in [1.82, 2.24) is 0 Å². The molecule has 0 aliphatic heterocycles.